The maximum absolute atomic E-state index is 12.1. The molecule has 2 N–H and O–H groups in total. The average Bonchev–Trinajstić information content (AvgIpc) is 2.78. The van der Waals surface area contributed by atoms with Gasteiger partial charge < -0.3 is 10.2 Å². The molecule has 0 radical (unpaired) electrons. The largest absolute Gasteiger partial charge is 0.507 e. The molecule has 0 spiro atoms. The lowest BCUT2D eigenvalue weighted by atomic mass is 9.85. The molecule has 1 aliphatic rings. The van der Waals surface area contributed by atoms with Crippen molar-refractivity contribution >= 4 is 22.9 Å². The standard InChI is InChI=1S/C12H6O4S/c13-7-1-2-8(14)10-9(7)11(15)5-3-17-4-6(5)12(10)16/h1-4,13-14H. The lowest BCUT2D eigenvalue weighted by molar-refractivity contribution is 0.0975. The van der Waals surface area contributed by atoms with E-state index in [1.165, 1.54) is 23.5 Å². The molecular formula is C12H6O4S. The molecule has 84 valence electrons. The molecule has 1 aromatic carbocycles. The Morgan fingerprint density at radius 3 is 1.65 bits per heavy atom. The third-order valence-electron chi connectivity index (χ3n) is 2.77. The first kappa shape index (κ1) is 10.0. The highest BCUT2D eigenvalue weighted by Gasteiger charge is 2.34. The highest BCUT2D eigenvalue weighted by atomic mass is 32.1. The number of thiophene rings is 1. The van der Waals surface area contributed by atoms with E-state index >= 15 is 0 Å². The second kappa shape index (κ2) is 3.18. The fourth-order valence-corrected chi connectivity index (χ4v) is 2.77. The first-order chi connectivity index (χ1) is 8.11. The zero-order valence-electron chi connectivity index (χ0n) is 8.43. The lowest BCUT2D eigenvalue weighted by Gasteiger charge is -2.16. The van der Waals surface area contributed by atoms with Crippen LogP contribution < -0.4 is 0 Å². The maximum atomic E-state index is 12.1. The molecule has 0 atom stereocenters. The van der Waals surface area contributed by atoms with Gasteiger partial charge in [0.1, 0.15) is 11.5 Å². The Balaban J connectivity index is 2.42. The fraction of sp³-hybridized carbons (Fsp3) is 0. The van der Waals surface area contributed by atoms with Gasteiger partial charge in [0.2, 0.25) is 0 Å². The molecule has 3 rings (SSSR count). The number of phenols is 2. The van der Waals surface area contributed by atoms with Crippen LogP contribution in [0.5, 0.6) is 11.5 Å². The molecule has 0 saturated heterocycles. The van der Waals surface area contributed by atoms with Gasteiger partial charge in [0, 0.05) is 21.9 Å². The van der Waals surface area contributed by atoms with Crippen molar-refractivity contribution in [2.45, 2.75) is 0 Å². The predicted octanol–water partition coefficient (Wildman–Crippen LogP) is 1.93. The summed E-state index contributed by atoms with van der Waals surface area (Å²) >= 11 is 1.24. The topological polar surface area (TPSA) is 74.6 Å². The lowest BCUT2D eigenvalue weighted by Crippen LogP contribution is -2.19. The third-order valence-corrected chi connectivity index (χ3v) is 3.51. The van der Waals surface area contributed by atoms with Crippen LogP contribution in [0.4, 0.5) is 0 Å². The second-order valence-corrected chi connectivity index (χ2v) is 4.45. The van der Waals surface area contributed by atoms with Crippen LogP contribution in [0.3, 0.4) is 0 Å². The van der Waals surface area contributed by atoms with Gasteiger partial charge in [-0.2, -0.15) is 11.3 Å². The Labute approximate surface area is 99.8 Å². The molecule has 1 heterocycles. The van der Waals surface area contributed by atoms with E-state index in [2.05, 4.69) is 0 Å². The second-order valence-electron chi connectivity index (χ2n) is 3.71. The smallest absolute Gasteiger partial charge is 0.199 e. The molecule has 0 amide bonds. The minimum atomic E-state index is -0.427. The number of fused-ring (bicyclic) bond motifs is 2. The van der Waals surface area contributed by atoms with Crippen molar-refractivity contribution in [2.24, 2.45) is 0 Å². The molecule has 5 heteroatoms. The van der Waals surface area contributed by atoms with E-state index in [1.54, 1.807) is 10.8 Å². The van der Waals surface area contributed by atoms with Gasteiger partial charge in [-0.25, -0.2) is 0 Å². The van der Waals surface area contributed by atoms with Gasteiger partial charge >= 0.3 is 0 Å². The normalized spacial score (nSPS) is 13.4. The zero-order valence-corrected chi connectivity index (χ0v) is 9.25. The van der Waals surface area contributed by atoms with Crippen LogP contribution in [0.25, 0.3) is 0 Å². The van der Waals surface area contributed by atoms with Crippen molar-refractivity contribution in [3.8, 4) is 11.5 Å². The Morgan fingerprint density at radius 2 is 1.24 bits per heavy atom. The summed E-state index contributed by atoms with van der Waals surface area (Å²) in [6.07, 6.45) is 0. The van der Waals surface area contributed by atoms with E-state index in [9.17, 15) is 19.8 Å². The summed E-state index contributed by atoms with van der Waals surface area (Å²) in [5.41, 5.74) is 0.351. The third kappa shape index (κ3) is 1.17. The Kier molecular flexibility index (Phi) is 1.88. The van der Waals surface area contributed by atoms with Crippen molar-refractivity contribution < 1.29 is 19.8 Å². The van der Waals surface area contributed by atoms with E-state index in [-0.39, 0.29) is 33.8 Å². The number of benzene rings is 1. The molecular weight excluding hydrogens is 240 g/mol. The summed E-state index contributed by atoms with van der Waals surface area (Å²) in [6, 6.07) is 2.41. The summed E-state index contributed by atoms with van der Waals surface area (Å²) in [4.78, 5) is 24.1. The molecule has 2 aromatic rings. The predicted molar refractivity (Wildman–Crippen MR) is 61.0 cm³/mol. The molecule has 0 unspecified atom stereocenters. The number of ketones is 2. The van der Waals surface area contributed by atoms with Gasteiger partial charge in [-0.05, 0) is 12.1 Å². The molecule has 0 fully saturated rings. The first-order valence-electron chi connectivity index (χ1n) is 4.81. The summed E-state index contributed by atoms with van der Waals surface area (Å²) in [7, 11) is 0. The van der Waals surface area contributed by atoms with E-state index < -0.39 is 11.6 Å². The van der Waals surface area contributed by atoms with Crippen molar-refractivity contribution in [1.82, 2.24) is 0 Å². The number of carbonyl (C=O) groups excluding carboxylic acids is 2. The van der Waals surface area contributed by atoms with Crippen LogP contribution in [-0.2, 0) is 0 Å². The van der Waals surface area contributed by atoms with Crippen LogP contribution >= 0.6 is 11.3 Å². The van der Waals surface area contributed by atoms with E-state index in [1.807, 2.05) is 0 Å². The Hall–Kier alpha value is -2.14. The molecule has 0 aliphatic heterocycles. The number of rotatable bonds is 0. The molecule has 0 bridgehead atoms. The van der Waals surface area contributed by atoms with Gasteiger partial charge in [0.25, 0.3) is 0 Å². The molecule has 17 heavy (non-hydrogen) atoms. The van der Waals surface area contributed by atoms with Crippen molar-refractivity contribution in [3.05, 3.63) is 45.1 Å². The van der Waals surface area contributed by atoms with Gasteiger partial charge in [-0.1, -0.05) is 0 Å². The SMILES string of the molecule is O=C1c2cscc2C(=O)c2c(O)ccc(O)c21. The summed E-state index contributed by atoms with van der Waals surface area (Å²) in [5.74, 6) is -1.42. The molecule has 1 aromatic heterocycles. The van der Waals surface area contributed by atoms with Crippen LogP contribution in [-0.4, -0.2) is 21.8 Å². The summed E-state index contributed by atoms with van der Waals surface area (Å²) < 4.78 is 0. The maximum Gasteiger partial charge on any atom is 0.199 e. The molecule has 0 saturated carbocycles. The number of hydrogen-bond donors (Lipinski definition) is 2. The van der Waals surface area contributed by atoms with Gasteiger partial charge in [0.05, 0.1) is 11.1 Å². The minimum absolute atomic E-state index is 0.110. The highest BCUT2D eigenvalue weighted by molar-refractivity contribution is 7.08. The number of phenolic OH excluding ortho intramolecular Hbond substituents is 2. The first-order valence-corrected chi connectivity index (χ1v) is 5.76. The highest BCUT2D eigenvalue weighted by Crippen LogP contribution is 2.38. The van der Waals surface area contributed by atoms with Crippen LogP contribution in [0.2, 0.25) is 0 Å². The quantitative estimate of drug-likeness (QED) is 0.594. The Bertz CT molecular complexity index is 614. The fourth-order valence-electron chi connectivity index (χ4n) is 1.96. The van der Waals surface area contributed by atoms with Crippen molar-refractivity contribution in [1.29, 1.82) is 0 Å². The monoisotopic (exact) mass is 246 g/mol. The van der Waals surface area contributed by atoms with E-state index in [0.717, 1.165) is 0 Å². The van der Waals surface area contributed by atoms with Gasteiger partial charge in [-0.3, -0.25) is 9.59 Å². The van der Waals surface area contributed by atoms with Crippen LogP contribution in [0, 0.1) is 0 Å². The number of aromatic hydroxyl groups is 2. The molecule has 4 nitrogen and oxygen atoms in total. The van der Waals surface area contributed by atoms with Crippen molar-refractivity contribution in [3.63, 3.8) is 0 Å². The number of carbonyl (C=O) groups is 2. The average molecular weight is 246 g/mol. The van der Waals surface area contributed by atoms with Crippen LogP contribution in [0.1, 0.15) is 31.8 Å². The van der Waals surface area contributed by atoms with Gasteiger partial charge in [0.15, 0.2) is 11.6 Å². The zero-order chi connectivity index (χ0) is 12.2. The Morgan fingerprint density at radius 1 is 0.824 bits per heavy atom. The minimum Gasteiger partial charge on any atom is -0.507 e. The number of hydrogen-bond acceptors (Lipinski definition) is 5. The van der Waals surface area contributed by atoms with Crippen molar-refractivity contribution in [2.75, 3.05) is 0 Å². The molecule has 1 aliphatic carbocycles. The summed E-state index contributed by atoms with van der Waals surface area (Å²) in [6.45, 7) is 0. The summed E-state index contributed by atoms with van der Waals surface area (Å²) in [5, 5.41) is 22.4. The van der Waals surface area contributed by atoms with Gasteiger partial charge in [-0.15, -0.1) is 0 Å². The van der Waals surface area contributed by atoms with E-state index in [0.29, 0.717) is 0 Å². The van der Waals surface area contributed by atoms with Crippen LogP contribution in [0.15, 0.2) is 22.9 Å². The van der Waals surface area contributed by atoms with E-state index in [4.69, 9.17) is 0 Å².